The molecule has 1 aliphatic rings. The number of rotatable bonds is 6. The summed E-state index contributed by atoms with van der Waals surface area (Å²) in [4.78, 5) is 33.0. The van der Waals surface area contributed by atoms with E-state index in [9.17, 15) is 9.18 Å². The van der Waals surface area contributed by atoms with Crippen LogP contribution in [0.1, 0.15) is 40.2 Å². The van der Waals surface area contributed by atoms with Crippen LogP contribution in [0.15, 0.2) is 67.4 Å². The van der Waals surface area contributed by atoms with Gasteiger partial charge in [0, 0.05) is 57.0 Å². The minimum Gasteiger partial charge on any atom is -0.338 e. The number of amides is 1. The molecular formula is C27H27FN6O. The molecular weight excluding hydrogens is 443 g/mol. The minimum absolute atomic E-state index is 0.0208. The van der Waals surface area contributed by atoms with Crippen molar-refractivity contribution in [2.75, 3.05) is 13.1 Å². The molecule has 1 aromatic carbocycles. The molecule has 1 saturated heterocycles. The van der Waals surface area contributed by atoms with Crippen molar-refractivity contribution >= 4 is 5.91 Å². The number of aryl methyl sites for hydroxylation is 1. The summed E-state index contributed by atoms with van der Waals surface area (Å²) in [5, 5.41) is 0. The van der Waals surface area contributed by atoms with Gasteiger partial charge in [-0.3, -0.25) is 14.8 Å². The summed E-state index contributed by atoms with van der Waals surface area (Å²) in [6.45, 7) is 1.40. The predicted molar refractivity (Wildman–Crippen MR) is 130 cm³/mol. The van der Waals surface area contributed by atoms with Crippen LogP contribution in [-0.2, 0) is 19.9 Å². The van der Waals surface area contributed by atoms with Crippen LogP contribution < -0.4 is 0 Å². The number of piperidine rings is 1. The number of benzene rings is 1. The Morgan fingerprint density at radius 3 is 2.74 bits per heavy atom. The SMILES string of the molecule is Cn1ccnc1-c1cncc(C[C@H]2CCCN(C(=O)c3ccc(Cc4ccccc4F)nc3)C2)n1. The van der Waals surface area contributed by atoms with Gasteiger partial charge in [-0.05, 0) is 48.9 Å². The van der Waals surface area contributed by atoms with Gasteiger partial charge in [0.25, 0.3) is 5.91 Å². The zero-order chi connectivity index (χ0) is 24.2. The molecule has 0 bridgehead atoms. The van der Waals surface area contributed by atoms with Crippen molar-refractivity contribution in [1.82, 2.24) is 29.4 Å². The van der Waals surface area contributed by atoms with Gasteiger partial charge < -0.3 is 9.47 Å². The van der Waals surface area contributed by atoms with Crippen molar-refractivity contribution in [2.24, 2.45) is 13.0 Å². The number of nitrogens with zero attached hydrogens (tertiary/aromatic N) is 6. The monoisotopic (exact) mass is 470 g/mol. The third kappa shape index (κ3) is 5.26. The molecule has 4 aromatic rings. The number of carbonyl (C=O) groups excluding carboxylic acids is 1. The van der Waals surface area contributed by atoms with Gasteiger partial charge in [-0.1, -0.05) is 18.2 Å². The first kappa shape index (κ1) is 22.8. The topological polar surface area (TPSA) is 76.8 Å². The Bertz CT molecular complexity index is 1320. The van der Waals surface area contributed by atoms with Crippen molar-refractivity contribution in [2.45, 2.75) is 25.7 Å². The fourth-order valence-corrected chi connectivity index (χ4v) is 4.61. The Morgan fingerprint density at radius 1 is 1.09 bits per heavy atom. The van der Waals surface area contributed by atoms with E-state index in [1.54, 1.807) is 49.1 Å². The van der Waals surface area contributed by atoms with Crippen molar-refractivity contribution in [1.29, 1.82) is 0 Å². The molecule has 5 rings (SSSR count). The highest BCUT2D eigenvalue weighted by Gasteiger charge is 2.25. The van der Waals surface area contributed by atoms with Crippen molar-refractivity contribution in [3.8, 4) is 11.5 Å². The second-order valence-electron chi connectivity index (χ2n) is 9.03. The third-order valence-electron chi connectivity index (χ3n) is 6.44. The Labute approximate surface area is 203 Å². The standard InChI is InChI=1S/C27H27FN6O/c1-33-12-10-30-26(33)25-17-29-16-23(32-25)13-19-5-4-11-34(18-19)27(35)21-8-9-22(31-15-21)14-20-6-2-3-7-24(20)28/h2-3,6-10,12,15-17,19H,4-5,11,13-14,18H2,1H3/t19-/m1/s1. The zero-order valence-corrected chi connectivity index (χ0v) is 19.6. The van der Waals surface area contributed by atoms with Gasteiger partial charge in [-0.25, -0.2) is 14.4 Å². The van der Waals surface area contributed by atoms with E-state index < -0.39 is 0 Å². The third-order valence-corrected chi connectivity index (χ3v) is 6.44. The Balaban J connectivity index is 1.22. The van der Waals surface area contributed by atoms with Gasteiger partial charge in [0.15, 0.2) is 5.82 Å². The lowest BCUT2D eigenvalue weighted by molar-refractivity contribution is 0.0672. The summed E-state index contributed by atoms with van der Waals surface area (Å²) in [6, 6.07) is 10.3. The molecule has 4 heterocycles. The number of pyridine rings is 1. The number of imidazole rings is 1. The smallest absolute Gasteiger partial charge is 0.255 e. The van der Waals surface area contributed by atoms with Crippen LogP contribution >= 0.6 is 0 Å². The number of likely N-dealkylation sites (tertiary alicyclic amines) is 1. The average Bonchev–Trinajstić information content (AvgIpc) is 3.32. The maximum Gasteiger partial charge on any atom is 0.255 e. The van der Waals surface area contributed by atoms with E-state index >= 15 is 0 Å². The van der Waals surface area contributed by atoms with E-state index in [0.717, 1.165) is 48.7 Å². The van der Waals surface area contributed by atoms with Gasteiger partial charge in [-0.15, -0.1) is 0 Å². The van der Waals surface area contributed by atoms with Crippen LogP contribution in [0.3, 0.4) is 0 Å². The number of aromatic nitrogens is 5. The molecule has 0 unspecified atom stereocenters. The first-order chi connectivity index (χ1) is 17.1. The molecule has 1 aliphatic heterocycles. The maximum atomic E-state index is 13.9. The van der Waals surface area contributed by atoms with Gasteiger partial charge in [0.1, 0.15) is 11.5 Å². The van der Waals surface area contributed by atoms with Crippen LogP contribution in [0.2, 0.25) is 0 Å². The highest BCUT2D eigenvalue weighted by Crippen LogP contribution is 2.23. The van der Waals surface area contributed by atoms with Crippen molar-refractivity contribution in [3.63, 3.8) is 0 Å². The zero-order valence-electron chi connectivity index (χ0n) is 19.6. The van der Waals surface area contributed by atoms with Crippen molar-refractivity contribution in [3.05, 3.63) is 95.7 Å². The van der Waals surface area contributed by atoms with E-state index in [2.05, 4.69) is 15.0 Å². The molecule has 0 radical (unpaired) electrons. The van der Waals surface area contributed by atoms with E-state index in [-0.39, 0.29) is 11.7 Å². The molecule has 7 nitrogen and oxygen atoms in total. The highest BCUT2D eigenvalue weighted by molar-refractivity contribution is 5.94. The van der Waals surface area contributed by atoms with Gasteiger partial charge >= 0.3 is 0 Å². The van der Waals surface area contributed by atoms with Gasteiger partial charge in [0.2, 0.25) is 0 Å². The van der Waals surface area contributed by atoms with E-state index in [4.69, 9.17) is 4.98 Å². The molecule has 0 N–H and O–H groups in total. The number of hydrogen-bond acceptors (Lipinski definition) is 5. The minimum atomic E-state index is -0.246. The van der Waals surface area contributed by atoms with Gasteiger partial charge in [-0.2, -0.15) is 0 Å². The summed E-state index contributed by atoms with van der Waals surface area (Å²) in [7, 11) is 1.93. The van der Waals surface area contributed by atoms with E-state index in [1.165, 1.54) is 6.07 Å². The summed E-state index contributed by atoms with van der Waals surface area (Å²) in [5.41, 5.74) is 3.53. The molecule has 35 heavy (non-hydrogen) atoms. The molecule has 1 fully saturated rings. The lowest BCUT2D eigenvalue weighted by Crippen LogP contribution is -2.40. The summed E-state index contributed by atoms with van der Waals surface area (Å²) >= 11 is 0. The predicted octanol–water partition coefficient (Wildman–Crippen LogP) is 4.10. The number of carbonyl (C=O) groups is 1. The molecule has 178 valence electrons. The quantitative estimate of drug-likeness (QED) is 0.424. The second kappa shape index (κ2) is 10.1. The van der Waals surface area contributed by atoms with Crippen LogP contribution in [0, 0.1) is 11.7 Å². The fourth-order valence-electron chi connectivity index (χ4n) is 4.61. The normalized spacial score (nSPS) is 15.8. The fraction of sp³-hybridized carbons (Fsp3) is 0.296. The molecule has 1 atom stereocenters. The lowest BCUT2D eigenvalue weighted by atomic mass is 9.93. The maximum absolute atomic E-state index is 13.9. The summed E-state index contributed by atoms with van der Waals surface area (Å²) < 4.78 is 15.8. The van der Waals surface area contributed by atoms with Crippen LogP contribution in [0.5, 0.6) is 0 Å². The molecule has 3 aromatic heterocycles. The van der Waals surface area contributed by atoms with Crippen LogP contribution in [-0.4, -0.2) is 48.4 Å². The van der Waals surface area contributed by atoms with E-state index in [0.29, 0.717) is 30.0 Å². The Hall–Kier alpha value is -3.94. The Morgan fingerprint density at radius 2 is 1.97 bits per heavy atom. The van der Waals surface area contributed by atoms with Crippen LogP contribution in [0.25, 0.3) is 11.5 Å². The lowest BCUT2D eigenvalue weighted by Gasteiger charge is -2.32. The summed E-state index contributed by atoms with van der Waals surface area (Å²) in [6.07, 6.45) is 11.9. The second-order valence-corrected chi connectivity index (χ2v) is 9.03. The van der Waals surface area contributed by atoms with Crippen LogP contribution in [0.4, 0.5) is 4.39 Å². The Kier molecular flexibility index (Phi) is 6.61. The van der Waals surface area contributed by atoms with E-state index in [1.807, 2.05) is 28.8 Å². The van der Waals surface area contributed by atoms with Crippen molar-refractivity contribution < 1.29 is 9.18 Å². The largest absolute Gasteiger partial charge is 0.338 e. The molecule has 1 amide bonds. The first-order valence-electron chi connectivity index (χ1n) is 11.8. The molecule has 8 heteroatoms. The molecule has 0 spiro atoms. The number of hydrogen-bond donors (Lipinski definition) is 0. The summed E-state index contributed by atoms with van der Waals surface area (Å²) in [5.74, 6) is 0.828. The molecule has 0 aliphatic carbocycles. The molecule has 0 saturated carbocycles. The highest BCUT2D eigenvalue weighted by atomic mass is 19.1. The average molecular weight is 471 g/mol. The first-order valence-corrected chi connectivity index (χ1v) is 11.8. The van der Waals surface area contributed by atoms with Gasteiger partial charge in [0.05, 0.1) is 17.5 Å². The number of halogens is 1.